The van der Waals surface area contributed by atoms with Gasteiger partial charge in [0.25, 0.3) is 5.69 Å². The lowest BCUT2D eigenvalue weighted by atomic mass is 9.91. The van der Waals surface area contributed by atoms with E-state index in [1.165, 1.54) is 12.1 Å². The van der Waals surface area contributed by atoms with Crippen LogP contribution in [0.5, 0.6) is 0 Å². The molecule has 1 heterocycles. The van der Waals surface area contributed by atoms with Crippen LogP contribution < -0.4 is 0 Å². The second-order valence-electron chi connectivity index (χ2n) is 4.97. The summed E-state index contributed by atoms with van der Waals surface area (Å²) in [5.41, 5.74) is 1.51. The van der Waals surface area contributed by atoms with E-state index in [0.29, 0.717) is 12.0 Å². The number of nitro benzene ring substituents is 1. The van der Waals surface area contributed by atoms with Gasteiger partial charge < -0.3 is 4.74 Å². The van der Waals surface area contributed by atoms with Gasteiger partial charge in [0, 0.05) is 11.5 Å². The maximum Gasteiger partial charge on any atom is 0.346 e. The number of rotatable bonds is 3. The second-order valence-corrected chi connectivity index (χ2v) is 4.97. The number of non-ortho nitro benzene ring substituents is 1. The fraction of sp³-hybridized carbons (Fsp3) is 0.125. The molecule has 22 heavy (non-hydrogen) atoms. The predicted molar refractivity (Wildman–Crippen MR) is 79.7 cm³/mol. The van der Waals surface area contributed by atoms with Crippen LogP contribution in [0.2, 0.25) is 0 Å². The minimum atomic E-state index is -0.797. The Morgan fingerprint density at radius 1 is 1.23 bits per heavy atom. The van der Waals surface area contributed by atoms with Crippen LogP contribution in [-0.4, -0.2) is 16.9 Å². The number of hydrogen-bond donors (Lipinski definition) is 0. The normalized spacial score (nSPS) is 13.1. The third-order valence-corrected chi connectivity index (χ3v) is 3.75. The molecule has 0 saturated heterocycles. The number of benzene rings is 2. The van der Waals surface area contributed by atoms with Gasteiger partial charge in [-0.05, 0) is 35.8 Å². The number of nitro groups is 1. The van der Waals surface area contributed by atoms with Gasteiger partial charge in [0.15, 0.2) is 0 Å². The zero-order valence-electron chi connectivity index (χ0n) is 11.7. The van der Waals surface area contributed by atoms with Gasteiger partial charge in [-0.3, -0.25) is 10.1 Å². The van der Waals surface area contributed by atoms with Crippen LogP contribution in [0.1, 0.15) is 39.6 Å². The zero-order valence-corrected chi connectivity index (χ0v) is 11.7. The summed E-state index contributed by atoms with van der Waals surface area (Å²) in [5.74, 6) is -1.59. The standard InChI is InChI=1S/C16H11NO5/c1-3-8(2)9-6-11-13(17(20)21)5-4-10-14(11)12(7-9)16(19)22-15(10)18/h4-7H,2-3H2,1H3. The van der Waals surface area contributed by atoms with Gasteiger partial charge in [-0.1, -0.05) is 13.5 Å². The van der Waals surface area contributed by atoms with Crippen molar-refractivity contribution in [2.75, 3.05) is 0 Å². The monoisotopic (exact) mass is 297 g/mol. The molecule has 3 rings (SSSR count). The van der Waals surface area contributed by atoms with E-state index in [4.69, 9.17) is 4.74 Å². The number of allylic oxidation sites excluding steroid dienone is 1. The van der Waals surface area contributed by atoms with E-state index < -0.39 is 16.9 Å². The third kappa shape index (κ3) is 1.88. The summed E-state index contributed by atoms with van der Waals surface area (Å²) in [6.07, 6.45) is 0.631. The van der Waals surface area contributed by atoms with Gasteiger partial charge in [-0.25, -0.2) is 9.59 Å². The van der Waals surface area contributed by atoms with Crippen LogP contribution in [0, 0.1) is 10.1 Å². The van der Waals surface area contributed by atoms with Crippen LogP contribution >= 0.6 is 0 Å². The fourth-order valence-corrected chi connectivity index (χ4v) is 2.56. The summed E-state index contributed by atoms with van der Waals surface area (Å²) in [7, 11) is 0. The van der Waals surface area contributed by atoms with E-state index in [1.807, 2.05) is 6.92 Å². The van der Waals surface area contributed by atoms with Gasteiger partial charge in [-0.15, -0.1) is 0 Å². The topological polar surface area (TPSA) is 86.5 Å². The molecule has 2 aromatic rings. The summed E-state index contributed by atoms with van der Waals surface area (Å²) in [6, 6.07) is 5.72. The molecule has 6 nitrogen and oxygen atoms in total. The Balaban J connectivity index is 2.49. The molecule has 6 heteroatoms. The van der Waals surface area contributed by atoms with Crippen LogP contribution in [0.3, 0.4) is 0 Å². The van der Waals surface area contributed by atoms with Crippen molar-refractivity contribution >= 4 is 34.0 Å². The van der Waals surface area contributed by atoms with Crippen molar-refractivity contribution in [2.24, 2.45) is 0 Å². The molecule has 0 saturated carbocycles. The van der Waals surface area contributed by atoms with Crippen LogP contribution in [-0.2, 0) is 4.74 Å². The van der Waals surface area contributed by atoms with Crippen molar-refractivity contribution in [2.45, 2.75) is 13.3 Å². The number of nitrogens with zero attached hydrogens (tertiary/aromatic N) is 1. The minimum absolute atomic E-state index is 0.153. The molecule has 110 valence electrons. The summed E-state index contributed by atoms with van der Waals surface area (Å²) >= 11 is 0. The molecule has 0 aliphatic carbocycles. The van der Waals surface area contributed by atoms with Gasteiger partial charge in [0.05, 0.1) is 21.4 Å². The summed E-state index contributed by atoms with van der Waals surface area (Å²) in [6.45, 7) is 5.79. The largest absolute Gasteiger partial charge is 0.386 e. The number of ether oxygens (including phenoxy) is 1. The van der Waals surface area contributed by atoms with Gasteiger partial charge >= 0.3 is 11.9 Å². The first kappa shape index (κ1) is 13.9. The Bertz CT molecular complexity index is 882. The molecule has 0 aromatic heterocycles. The molecule has 0 fully saturated rings. The van der Waals surface area contributed by atoms with E-state index >= 15 is 0 Å². The summed E-state index contributed by atoms with van der Waals surface area (Å²) in [5, 5.41) is 11.8. The highest BCUT2D eigenvalue weighted by atomic mass is 16.6. The summed E-state index contributed by atoms with van der Waals surface area (Å²) < 4.78 is 4.69. The highest BCUT2D eigenvalue weighted by Crippen LogP contribution is 2.37. The number of hydrogen-bond acceptors (Lipinski definition) is 5. The number of carbonyl (C=O) groups is 2. The zero-order chi connectivity index (χ0) is 16.0. The Morgan fingerprint density at radius 2 is 1.91 bits per heavy atom. The molecule has 1 aliphatic rings. The number of carbonyl (C=O) groups excluding carboxylic acids is 2. The maximum atomic E-state index is 12.0. The summed E-state index contributed by atoms with van der Waals surface area (Å²) in [4.78, 5) is 34.5. The van der Waals surface area contributed by atoms with Crippen molar-refractivity contribution in [3.63, 3.8) is 0 Å². The van der Waals surface area contributed by atoms with Gasteiger partial charge in [0.1, 0.15) is 0 Å². The molecular weight excluding hydrogens is 286 g/mol. The third-order valence-electron chi connectivity index (χ3n) is 3.75. The van der Waals surface area contributed by atoms with E-state index in [1.54, 1.807) is 12.1 Å². The average molecular weight is 297 g/mol. The SMILES string of the molecule is C=C(CC)c1cc2c3c(ccc([N+](=O)[O-])c3c1)C(=O)OC2=O. The Kier molecular flexibility index (Phi) is 3.02. The smallest absolute Gasteiger partial charge is 0.346 e. The molecule has 2 aromatic carbocycles. The van der Waals surface area contributed by atoms with Crippen LogP contribution in [0.4, 0.5) is 5.69 Å². The van der Waals surface area contributed by atoms with Crippen molar-refractivity contribution in [3.05, 3.63) is 57.6 Å². The molecule has 0 bridgehead atoms. The van der Waals surface area contributed by atoms with E-state index in [9.17, 15) is 19.7 Å². The molecule has 0 unspecified atom stereocenters. The molecule has 0 amide bonds. The molecule has 0 radical (unpaired) electrons. The average Bonchev–Trinajstić information content (AvgIpc) is 2.50. The first-order valence-electron chi connectivity index (χ1n) is 6.63. The molecule has 0 atom stereocenters. The first-order valence-corrected chi connectivity index (χ1v) is 6.63. The van der Waals surface area contributed by atoms with Gasteiger partial charge in [-0.2, -0.15) is 0 Å². The molecule has 0 N–H and O–H groups in total. The Morgan fingerprint density at radius 3 is 2.55 bits per heavy atom. The Hall–Kier alpha value is -3.02. The number of esters is 2. The van der Waals surface area contributed by atoms with E-state index in [2.05, 4.69) is 6.58 Å². The lowest BCUT2D eigenvalue weighted by molar-refractivity contribution is -0.383. The van der Waals surface area contributed by atoms with E-state index in [-0.39, 0.29) is 27.6 Å². The van der Waals surface area contributed by atoms with Gasteiger partial charge in [0.2, 0.25) is 0 Å². The molecule has 0 spiro atoms. The number of cyclic esters (lactones) is 2. The molecule has 1 aliphatic heterocycles. The van der Waals surface area contributed by atoms with Crippen LogP contribution in [0.25, 0.3) is 16.3 Å². The van der Waals surface area contributed by atoms with E-state index in [0.717, 1.165) is 5.57 Å². The molecular formula is C16H11NO5. The predicted octanol–water partition coefficient (Wildman–Crippen LogP) is 3.48. The highest BCUT2D eigenvalue weighted by Gasteiger charge is 2.31. The Labute approximate surface area is 125 Å². The van der Waals surface area contributed by atoms with Crippen molar-refractivity contribution in [1.82, 2.24) is 0 Å². The fourth-order valence-electron chi connectivity index (χ4n) is 2.56. The maximum absolute atomic E-state index is 12.0. The second kappa shape index (κ2) is 4.77. The lowest BCUT2D eigenvalue weighted by Crippen LogP contribution is -2.20. The van der Waals surface area contributed by atoms with Crippen LogP contribution in [0.15, 0.2) is 30.8 Å². The minimum Gasteiger partial charge on any atom is -0.386 e. The van der Waals surface area contributed by atoms with Crippen molar-refractivity contribution in [3.8, 4) is 0 Å². The quantitative estimate of drug-likeness (QED) is 0.374. The van der Waals surface area contributed by atoms with Crippen molar-refractivity contribution in [1.29, 1.82) is 0 Å². The first-order chi connectivity index (χ1) is 10.4. The lowest BCUT2D eigenvalue weighted by Gasteiger charge is -2.17. The van der Waals surface area contributed by atoms with Crippen molar-refractivity contribution < 1.29 is 19.2 Å². The highest BCUT2D eigenvalue weighted by molar-refractivity contribution is 6.22.